The summed E-state index contributed by atoms with van der Waals surface area (Å²) in [7, 11) is -1.37. The first kappa shape index (κ1) is 14.4. The maximum Gasteiger partial charge on any atom is 0.157 e. The predicted octanol–water partition coefficient (Wildman–Crippen LogP) is 1.93. The second kappa shape index (κ2) is 5.69. The van der Waals surface area contributed by atoms with Gasteiger partial charge in [0.15, 0.2) is 5.65 Å². The molecule has 3 aromatic rings. The summed E-state index contributed by atoms with van der Waals surface area (Å²) in [5, 5.41) is 11.2. The van der Waals surface area contributed by atoms with Crippen molar-refractivity contribution in [3.63, 3.8) is 0 Å². The van der Waals surface area contributed by atoms with Crippen molar-refractivity contribution in [1.29, 1.82) is 5.41 Å². The molecule has 0 saturated carbocycles. The van der Waals surface area contributed by atoms with Gasteiger partial charge in [0.2, 0.25) is 0 Å². The van der Waals surface area contributed by atoms with Crippen LogP contribution in [0.4, 0.5) is 5.69 Å². The van der Waals surface area contributed by atoms with Crippen LogP contribution in [-0.2, 0) is 17.2 Å². The van der Waals surface area contributed by atoms with Gasteiger partial charge in [0, 0.05) is 34.3 Å². The molecule has 1 aromatic carbocycles. The van der Waals surface area contributed by atoms with Gasteiger partial charge in [-0.1, -0.05) is 12.1 Å². The van der Waals surface area contributed by atoms with Gasteiger partial charge in [0.1, 0.15) is 6.33 Å². The van der Waals surface area contributed by atoms with Crippen molar-refractivity contribution in [1.82, 2.24) is 14.6 Å². The highest BCUT2D eigenvalue weighted by atomic mass is 32.2. The Hall–Kier alpha value is -2.54. The van der Waals surface area contributed by atoms with E-state index in [4.69, 9.17) is 11.1 Å². The maximum absolute atomic E-state index is 11.5. The molecule has 0 aliphatic rings. The fourth-order valence-electron chi connectivity index (χ4n) is 2.41. The van der Waals surface area contributed by atoms with Gasteiger partial charge >= 0.3 is 0 Å². The minimum absolute atomic E-state index is 0.621. The summed E-state index contributed by atoms with van der Waals surface area (Å²) in [6.07, 6.45) is 2.16. The van der Waals surface area contributed by atoms with E-state index in [1.54, 1.807) is 16.6 Å². The zero-order valence-electron chi connectivity index (χ0n) is 12.0. The summed E-state index contributed by atoms with van der Waals surface area (Å²) in [4.78, 5) is 4.77. The number of anilines is 1. The summed E-state index contributed by atoms with van der Waals surface area (Å²) < 4.78 is 13.3. The van der Waals surface area contributed by atoms with E-state index >= 15 is 0 Å². The third-order valence-corrected chi connectivity index (χ3v) is 4.56. The molecule has 112 valence electrons. The first-order valence-corrected chi connectivity index (χ1v) is 7.89. The number of aromatic nitrogens is 3. The molecule has 3 N–H and O–H groups in total. The Morgan fingerprint density at radius 2 is 2.09 bits per heavy atom. The fraction of sp³-hybridized carbons (Fsp3) is 0.133. The van der Waals surface area contributed by atoms with Gasteiger partial charge < -0.3 is 5.73 Å². The smallest absolute Gasteiger partial charge is 0.157 e. The molecule has 22 heavy (non-hydrogen) atoms. The van der Waals surface area contributed by atoms with Crippen molar-refractivity contribution in [3.05, 3.63) is 53.5 Å². The lowest BCUT2D eigenvalue weighted by Gasteiger charge is -2.11. The Morgan fingerprint density at radius 1 is 1.36 bits per heavy atom. The number of hydrogen-bond donors (Lipinski definition) is 2. The fourth-order valence-corrected chi connectivity index (χ4v) is 2.95. The molecule has 0 aliphatic carbocycles. The average molecular weight is 313 g/mol. The number of nitrogens with two attached hydrogens (primary N) is 1. The van der Waals surface area contributed by atoms with E-state index in [1.807, 2.05) is 25.1 Å². The number of nitrogen functional groups attached to an aromatic ring is 1. The van der Waals surface area contributed by atoms with Crippen LogP contribution in [0.3, 0.4) is 0 Å². The quantitative estimate of drug-likeness (QED) is 0.568. The molecule has 0 amide bonds. The van der Waals surface area contributed by atoms with Crippen molar-refractivity contribution in [3.8, 4) is 0 Å². The number of benzene rings is 1. The lowest BCUT2D eigenvalue weighted by Crippen LogP contribution is -2.05. The predicted molar refractivity (Wildman–Crippen MR) is 86.6 cm³/mol. The lowest BCUT2D eigenvalue weighted by atomic mass is 10.0. The highest BCUT2D eigenvalue weighted by molar-refractivity contribution is 7.98. The van der Waals surface area contributed by atoms with Crippen LogP contribution in [0.5, 0.6) is 0 Å². The summed E-state index contributed by atoms with van der Waals surface area (Å²) in [5.41, 5.74) is 11.5. The molecule has 2 heterocycles. The van der Waals surface area contributed by atoms with E-state index in [-0.39, 0.29) is 0 Å². The number of nitrogens with one attached hydrogen (secondary N) is 1. The number of aryl methyl sites for hydroxylation is 1. The molecule has 3 rings (SSSR count). The molecule has 0 fully saturated rings. The van der Waals surface area contributed by atoms with Crippen molar-refractivity contribution in [2.45, 2.75) is 18.2 Å². The molecule has 0 aliphatic heterocycles. The van der Waals surface area contributed by atoms with E-state index in [1.165, 1.54) is 6.33 Å². The molecule has 0 radical (unpaired) electrons. The first-order valence-electron chi connectivity index (χ1n) is 6.68. The van der Waals surface area contributed by atoms with E-state index in [0.29, 0.717) is 17.0 Å². The Bertz CT molecular complexity index is 870. The Kier molecular flexibility index (Phi) is 3.72. The van der Waals surface area contributed by atoms with Crippen LogP contribution in [0.1, 0.15) is 16.8 Å². The van der Waals surface area contributed by atoms with Gasteiger partial charge in [0.05, 0.1) is 16.3 Å². The topological polar surface area (TPSA) is 97.1 Å². The molecule has 0 bridgehead atoms. The zero-order valence-corrected chi connectivity index (χ0v) is 12.8. The van der Waals surface area contributed by atoms with Crippen LogP contribution in [0, 0.1) is 12.3 Å². The molecule has 2 aromatic heterocycles. The molecular formula is C15H15N5OS. The van der Waals surface area contributed by atoms with E-state index in [2.05, 4.69) is 10.1 Å². The number of nitrogens with zero attached hydrogens (tertiary/aromatic N) is 3. The van der Waals surface area contributed by atoms with Crippen LogP contribution in [-0.4, -0.2) is 24.4 Å². The molecule has 1 unspecified atom stereocenters. The Morgan fingerprint density at radius 3 is 2.77 bits per heavy atom. The minimum Gasteiger partial charge on any atom is -0.398 e. The van der Waals surface area contributed by atoms with E-state index < -0.39 is 10.8 Å². The molecular weight excluding hydrogens is 298 g/mol. The van der Waals surface area contributed by atoms with Crippen LogP contribution in [0.15, 0.2) is 41.6 Å². The van der Waals surface area contributed by atoms with Crippen molar-refractivity contribution in [2.24, 2.45) is 0 Å². The summed E-state index contributed by atoms with van der Waals surface area (Å²) >= 11 is 0. The van der Waals surface area contributed by atoms with Gasteiger partial charge in [-0.3, -0.25) is 5.41 Å². The van der Waals surface area contributed by atoms with Crippen LogP contribution in [0.25, 0.3) is 5.65 Å². The Balaban J connectivity index is 1.96. The Labute approximate surface area is 130 Å². The SMILES string of the molecule is Cc1c(Cc2ccc(S(=O)C=N)cc2)c(N)cc2ncnn12. The monoisotopic (exact) mass is 313 g/mol. The van der Waals surface area contributed by atoms with Crippen molar-refractivity contribution >= 4 is 27.7 Å². The molecule has 0 saturated heterocycles. The molecule has 1 atom stereocenters. The van der Waals surface area contributed by atoms with Crippen LogP contribution in [0.2, 0.25) is 0 Å². The second-order valence-corrected chi connectivity index (χ2v) is 6.23. The average Bonchev–Trinajstić information content (AvgIpc) is 2.99. The zero-order chi connectivity index (χ0) is 15.7. The third kappa shape index (κ3) is 2.50. The molecule has 0 spiro atoms. The number of rotatable bonds is 4. The standard InChI is InChI=1S/C15H15N5OS/c1-10-13(14(17)7-15-18-9-19-20(10)15)6-11-2-4-12(5-3-11)22(21)8-16/h2-5,7-9,16H,6,17H2,1H3. The lowest BCUT2D eigenvalue weighted by molar-refractivity contribution is 0.690. The maximum atomic E-state index is 11.5. The first-order chi connectivity index (χ1) is 10.6. The third-order valence-electron chi connectivity index (χ3n) is 3.61. The number of hydrogen-bond acceptors (Lipinski definition) is 5. The van der Waals surface area contributed by atoms with Crippen molar-refractivity contribution < 1.29 is 4.21 Å². The van der Waals surface area contributed by atoms with Gasteiger partial charge in [-0.25, -0.2) is 13.7 Å². The molecule has 6 nitrogen and oxygen atoms in total. The summed E-state index contributed by atoms with van der Waals surface area (Å²) in [6, 6.07) is 9.17. The van der Waals surface area contributed by atoms with E-state index in [0.717, 1.165) is 28.0 Å². The van der Waals surface area contributed by atoms with Gasteiger partial charge in [-0.05, 0) is 24.6 Å². The molecule has 7 heteroatoms. The summed E-state index contributed by atoms with van der Waals surface area (Å²) in [6.45, 7) is 1.96. The highest BCUT2D eigenvalue weighted by Crippen LogP contribution is 2.22. The number of fused-ring (bicyclic) bond motifs is 1. The van der Waals surface area contributed by atoms with Gasteiger partial charge in [0.25, 0.3) is 0 Å². The van der Waals surface area contributed by atoms with Gasteiger partial charge in [-0.2, -0.15) is 5.10 Å². The van der Waals surface area contributed by atoms with E-state index in [9.17, 15) is 4.21 Å². The van der Waals surface area contributed by atoms with Crippen LogP contribution < -0.4 is 5.73 Å². The number of pyridine rings is 1. The summed E-state index contributed by atoms with van der Waals surface area (Å²) in [5.74, 6) is 0. The highest BCUT2D eigenvalue weighted by Gasteiger charge is 2.11. The largest absolute Gasteiger partial charge is 0.398 e. The second-order valence-electron chi connectivity index (χ2n) is 4.93. The van der Waals surface area contributed by atoms with Crippen molar-refractivity contribution in [2.75, 3.05) is 5.73 Å². The normalized spacial score (nSPS) is 12.4. The van der Waals surface area contributed by atoms with Crippen LogP contribution >= 0.6 is 0 Å². The van der Waals surface area contributed by atoms with Gasteiger partial charge in [-0.15, -0.1) is 0 Å². The minimum atomic E-state index is -1.37.